The third-order valence-electron chi connectivity index (χ3n) is 6.02. The minimum atomic E-state index is 0.230. The minimum Gasteiger partial charge on any atom is -0.496 e. The zero-order valence-electron chi connectivity index (χ0n) is 14.9. The largest absolute Gasteiger partial charge is 0.496 e. The Morgan fingerprint density at radius 1 is 1.16 bits per heavy atom. The molecule has 2 aliphatic carbocycles. The maximum absolute atomic E-state index is 12.8. The predicted molar refractivity (Wildman–Crippen MR) is 96.2 cm³/mol. The van der Waals surface area contributed by atoms with Crippen molar-refractivity contribution in [3.05, 3.63) is 42.0 Å². The Morgan fingerprint density at radius 2 is 1.96 bits per heavy atom. The van der Waals surface area contributed by atoms with Crippen LogP contribution in [0.1, 0.15) is 31.2 Å². The number of ether oxygens (including phenoxy) is 2. The van der Waals surface area contributed by atoms with Crippen molar-refractivity contribution in [1.29, 1.82) is 0 Å². The van der Waals surface area contributed by atoms with Gasteiger partial charge in [-0.25, -0.2) is 0 Å². The van der Waals surface area contributed by atoms with Crippen LogP contribution in [0.25, 0.3) is 0 Å². The van der Waals surface area contributed by atoms with E-state index in [-0.39, 0.29) is 12.0 Å². The Morgan fingerprint density at radius 3 is 2.64 bits per heavy atom. The molecule has 1 saturated carbocycles. The summed E-state index contributed by atoms with van der Waals surface area (Å²) >= 11 is 0. The molecule has 1 aromatic rings. The van der Waals surface area contributed by atoms with Gasteiger partial charge >= 0.3 is 0 Å². The number of nitrogens with zero attached hydrogens (tertiary/aromatic N) is 1. The summed E-state index contributed by atoms with van der Waals surface area (Å²) in [5, 5.41) is 0. The van der Waals surface area contributed by atoms with Crippen molar-refractivity contribution < 1.29 is 14.3 Å². The van der Waals surface area contributed by atoms with Crippen molar-refractivity contribution >= 4 is 5.91 Å². The highest BCUT2D eigenvalue weighted by atomic mass is 16.5. The quantitative estimate of drug-likeness (QED) is 0.771. The Bertz CT molecular complexity index is 648. The molecule has 0 spiro atoms. The van der Waals surface area contributed by atoms with Crippen LogP contribution in [0.3, 0.4) is 0 Å². The van der Waals surface area contributed by atoms with Crippen LogP contribution in [0.5, 0.6) is 5.75 Å². The van der Waals surface area contributed by atoms with Gasteiger partial charge in [0, 0.05) is 24.6 Å². The summed E-state index contributed by atoms with van der Waals surface area (Å²) in [6.45, 7) is 2.22. The van der Waals surface area contributed by atoms with E-state index in [0.29, 0.717) is 24.3 Å². The van der Waals surface area contributed by atoms with E-state index in [1.807, 2.05) is 24.3 Å². The van der Waals surface area contributed by atoms with Gasteiger partial charge in [-0.15, -0.1) is 0 Å². The van der Waals surface area contributed by atoms with Gasteiger partial charge in [-0.05, 0) is 43.6 Å². The smallest absolute Gasteiger partial charge is 0.226 e. The lowest BCUT2D eigenvalue weighted by Crippen LogP contribution is -2.44. The van der Waals surface area contributed by atoms with Crippen LogP contribution in [0.15, 0.2) is 36.4 Å². The second-order valence-electron chi connectivity index (χ2n) is 7.53. The molecule has 0 N–H and O–H groups in total. The fourth-order valence-electron chi connectivity index (χ4n) is 4.57. The van der Waals surface area contributed by atoms with Gasteiger partial charge in [0.25, 0.3) is 0 Å². The van der Waals surface area contributed by atoms with Crippen LogP contribution in [-0.4, -0.2) is 37.1 Å². The highest BCUT2D eigenvalue weighted by molar-refractivity contribution is 5.80. The molecule has 0 unspecified atom stereocenters. The number of allylic oxidation sites excluding steroid dienone is 2. The first kappa shape index (κ1) is 16.6. The molecule has 1 amide bonds. The van der Waals surface area contributed by atoms with Gasteiger partial charge in [0.15, 0.2) is 0 Å². The van der Waals surface area contributed by atoms with Crippen LogP contribution in [0.4, 0.5) is 0 Å². The van der Waals surface area contributed by atoms with Gasteiger partial charge in [-0.2, -0.15) is 0 Å². The third-order valence-corrected chi connectivity index (χ3v) is 6.02. The molecule has 3 atom stereocenters. The van der Waals surface area contributed by atoms with Crippen molar-refractivity contribution in [1.82, 2.24) is 4.90 Å². The number of piperidine rings is 1. The molecule has 4 nitrogen and oxygen atoms in total. The lowest BCUT2D eigenvalue weighted by atomic mass is 9.91. The van der Waals surface area contributed by atoms with E-state index in [9.17, 15) is 4.79 Å². The van der Waals surface area contributed by atoms with E-state index in [1.165, 1.54) is 6.42 Å². The molecule has 1 saturated heterocycles. The van der Waals surface area contributed by atoms with E-state index in [0.717, 1.165) is 43.7 Å². The molecular formula is C21H27NO3. The number of carbonyl (C=O) groups excluding carboxylic acids is 1. The number of hydrogen-bond acceptors (Lipinski definition) is 3. The van der Waals surface area contributed by atoms with Gasteiger partial charge in [0.2, 0.25) is 5.91 Å². The monoisotopic (exact) mass is 341 g/mol. The second kappa shape index (κ2) is 7.20. The van der Waals surface area contributed by atoms with Crippen LogP contribution in [0, 0.1) is 17.8 Å². The number of para-hydroxylation sites is 1. The topological polar surface area (TPSA) is 38.8 Å². The van der Waals surface area contributed by atoms with E-state index in [1.54, 1.807) is 7.11 Å². The van der Waals surface area contributed by atoms with Crippen LogP contribution >= 0.6 is 0 Å². The number of benzene rings is 1. The average molecular weight is 341 g/mol. The summed E-state index contributed by atoms with van der Waals surface area (Å²) in [5.41, 5.74) is 1.08. The van der Waals surface area contributed by atoms with Crippen LogP contribution in [-0.2, 0) is 16.1 Å². The standard InChI is InChI=1S/C21H27NO3/c1-24-20-5-3-2-4-17(20)14-25-18-8-10-22(11-9-18)21(23)19-13-15-6-7-16(19)12-15/h2-7,15-16,18-19H,8-14H2,1H3/t15-,16-,19+/m0/s1. The number of amides is 1. The number of methoxy groups -OCH3 is 1. The lowest BCUT2D eigenvalue weighted by molar-refractivity contribution is -0.139. The molecule has 0 aromatic heterocycles. The molecule has 3 aliphatic rings. The molecule has 4 heteroatoms. The fraction of sp³-hybridized carbons (Fsp3) is 0.571. The summed E-state index contributed by atoms with van der Waals surface area (Å²) < 4.78 is 11.5. The summed E-state index contributed by atoms with van der Waals surface area (Å²) in [4.78, 5) is 14.9. The predicted octanol–water partition coefficient (Wildman–Crippen LogP) is 3.42. The van der Waals surface area contributed by atoms with E-state index in [4.69, 9.17) is 9.47 Å². The van der Waals surface area contributed by atoms with Gasteiger partial charge in [-0.1, -0.05) is 30.4 Å². The Kier molecular flexibility index (Phi) is 4.80. The second-order valence-corrected chi connectivity index (χ2v) is 7.53. The van der Waals surface area contributed by atoms with E-state index >= 15 is 0 Å². The lowest BCUT2D eigenvalue weighted by Gasteiger charge is -2.34. The molecule has 134 valence electrons. The SMILES string of the molecule is COc1ccccc1COC1CCN(C(=O)[C@@H]2C[C@H]3C=C[C@H]2C3)CC1. The highest BCUT2D eigenvalue weighted by Crippen LogP contribution is 2.44. The van der Waals surface area contributed by atoms with Crippen molar-refractivity contribution in [2.24, 2.45) is 17.8 Å². The molecule has 0 radical (unpaired) electrons. The molecule has 1 aliphatic heterocycles. The number of hydrogen-bond donors (Lipinski definition) is 0. The number of carbonyl (C=O) groups is 1. The summed E-state index contributed by atoms with van der Waals surface area (Å²) in [7, 11) is 1.69. The van der Waals surface area contributed by atoms with Gasteiger partial charge in [-0.3, -0.25) is 4.79 Å². The zero-order chi connectivity index (χ0) is 17.2. The van der Waals surface area contributed by atoms with Crippen molar-refractivity contribution in [2.45, 2.75) is 38.4 Å². The first-order valence-corrected chi connectivity index (χ1v) is 9.45. The number of fused-ring (bicyclic) bond motifs is 2. The summed E-state index contributed by atoms with van der Waals surface area (Å²) in [6, 6.07) is 7.98. The summed E-state index contributed by atoms with van der Waals surface area (Å²) in [6.07, 6.45) is 8.90. The van der Waals surface area contributed by atoms with Gasteiger partial charge in [0.05, 0.1) is 19.8 Å². The molecule has 25 heavy (non-hydrogen) atoms. The Hall–Kier alpha value is -1.81. The zero-order valence-corrected chi connectivity index (χ0v) is 14.9. The number of rotatable bonds is 5. The first-order chi connectivity index (χ1) is 12.2. The molecular weight excluding hydrogens is 314 g/mol. The van der Waals surface area contributed by atoms with Crippen LogP contribution < -0.4 is 4.74 Å². The maximum atomic E-state index is 12.8. The maximum Gasteiger partial charge on any atom is 0.226 e. The number of likely N-dealkylation sites (tertiary alicyclic amines) is 1. The van der Waals surface area contributed by atoms with Crippen molar-refractivity contribution in [3.8, 4) is 5.75 Å². The Labute approximate surface area is 149 Å². The van der Waals surface area contributed by atoms with Crippen LogP contribution in [0.2, 0.25) is 0 Å². The molecule has 1 heterocycles. The molecule has 2 fully saturated rings. The first-order valence-electron chi connectivity index (χ1n) is 9.45. The molecule has 4 rings (SSSR count). The molecule has 2 bridgehead atoms. The normalized spacial score (nSPS) is 28.5. The highest BCUT2D eigenvalue weighted by Gasteiger charge is 2.41. The van der Waals surface area contributed by atoms with E-state index < -0.39 is 0 Å². The molecule has 1 aromatic carbocycles. The average Bonchev–Trinajstić information content (AvgIpc) is 3.30. The van der Waals surface area contributed by atoms with Gasteiger partial charge < -0.3 is 14.4 Å². The van der Waals surface area contributed by atoms with Crippen molar-refractivity contribution in [2.75, 3.05) is 20.2 Å². The fourth-order valence-corrected chi connectivity index (χ4v) is 4.57. The third kappa shape index (κ3) is 3.45. The summed E-state index contributed by atoms with van der Waals surface area (Å²) in [5.74, 6) is 2.64. The van der Waals surface area contributed by atoms with E-state index in [2.05, 4.69) is 17.1 Å². The Balaban J connectivity index is 1.26. The minimum absolute atomic E-state index is 0.230. The van der Waals surface area contributed by atoms with Gasteiger partial charge in [0.1, 0.15) is 5.75 Å². The van der Waals surface area contributed by atoms with Crippen molar-refractivity contribution in [3.63, 3.8) is 0 Å².